The van der Waals surface area contributed by atoms with E-state index in [2.05, 4.69) is 40.8 Å². The Bertz CT molecular complexity index is 1220. The zero-order valence-corrected chi connectivity index (χ0v) is 54.3. The van der Waals surface area contributed by atoms with Crippen LogP contribution in [0.15, 0.2) is 24.3 Å². The minimum Gasteiger partial charge on any atom is -1.00 e. The van der Waals surface area contributed by atoms with Gasteiger partial charge in [-0.25, -0.2) is 0 Å². The third kappa shape index (κ3) is 42.6. The summed E-state index contributed by atoms with van der Waals surface area (Å²) in [5, 5.41) is 27.9. The molecule has 24 heteroatoms. The fourth-order valence-electron chi connectivity index (χ4n) is 2.07. The van der Waals surface area contributed by atoms with Crippen molar-refractivity contribution in [1.29, 1.82) is 0 Å². The van der Waals surface area contributed by atoms with Gasteiger partial charge in [-0.1, -0.05) is 109 Å². The van der Waals surface area contributed by atoms with Crippen molar-refractivity contribution in [3.05, 3.63) is 69.8 Å². The van der Waals surface area contributed by atoms with Crippen molar-refractivity contribution in [2.24, 2.45) is 0 Å². The number of aromatic nitrogens is 8. The van der Waals surface area contributed by atoms with Crippen LogP contribution in [-0.2, 0) is 126 Å². The molecule has 4 heterocycles. The molecule has 0 atom stereocenters. The third-order valence-corrected chi connectivity index (χ3v) is 8.06. The Kier molecular flexibility index (Phi) is 55.1. The molecule has 0 fully saturated rings. The molecule has 0 radical (unpaired) electrons. The molecular formula is C28H46Cl2N8O6P2Zn6-2. The topological polar surface area (TPSA) is 234 Å². The first-order chi connectivity index (χ1) is 19.7. The van der Waals surface area contributed by atoms with Gasteiger partial charge in [-0.05, 0) is 38.0 Å². The molecule has 0 N–H and O–H groups in total. The standard InChI is InChI=1S/4C5H7N2.2C4H11O3P.2ClH.6Zn/c4*1-4-3-5(2)7-6-4;2*1-4(2,3)8(5,6)7;;;;;;;;/h4*3H,1-2H3;2*1-3H3,(H2,5,6,7);2*1H;;;;;;/q4*-1;;;;;;;4*+2/p-6. The van der Waals surface area contributed by atoms with Crippen LogP contribution in [0.4, 0.5) is 0 Å². The predicted molar refractivity (Wildman–Crippen MR) is 163 cm³/mol. The van der Waals surface area contributed by atoms with Crippen LogP contribution in [0.5, 0.6) is 0 Å². The number of aryl methyl sites for hydroxylation is 8. The summed E-state index contributed by atoms with van der Waals surface area (Å²) in [5.74, 6) is 0. The second kappa shape index (κ2) is 36.8. The van der Waals surface area contributed by atoms with E-state index in [9.17, 15) is 28.7 Å². The van der Waals surface area contributed by atoms with Crippen LogP contribution < -0.4 is 64.8 Å². The van der Waals surface area contributed by atoms with Crippen molar-refractivity contribution in [2.45, 2.75) is 107 Å². The van der Waals surface area contributed by atoms with Crippen LogP contribution in [0.1, 0.15) is 87.1 Å². The fraction of sp³-hybridized carbons (Fsp3) is 0.571. The van der Waals surface area contributed by atoms with Gasteiger partial charge in [-0.15, -0.1) is 22.8 Å². The molecule has 4 aromatic rings. The van der Waals surface area contributed by atoms with Crippen molar-refractivity contribution in [1.82, 2.24) is 40.8 Å². The molecule has 52 heavy (non-hydrogen) atoms. The summed E-state index contributed by atoms with van der Waals surface area (Å²) >= 11 is 0. The molecule has 0 saturated heterocycles. The van der Waals surface area contributed by atoms with Crippen molar-refractivity contribution < 1.29 is 170 Å². The van der Waals surface area contributed by atoms with Gasteiger partial charge >= 0.3 is 77.9 Å². The third-order valence-electron chi connectivity index (χ3n) is 4.78. The first-order valence-electron chi connectivity index (χ1n) is 13.4. The Balaban J connectivity index is -0.0000000494. The minimum absolute atomic E-state index is 0. The maximum atomic E-state index is 10.1. The van der Waals surface area contributed by atoms with E-state index < -0.39 is 25.5 Å². The summed E-state index contributed by atoms with van der Waals surface area (Å²) in [6.07, 6.45) is 0. The molecule has 0 unspecified atom stereocenters. The molecule has 4 aromatic heterocycles. The number of rotatable bonds is 0. The van der Waals surface area contributed by atoms with E-state index in [0.717, 1.165) is 45.6 Å². The summed E-state index contributed by atoms with van der Waals surface area (Å²) in [5.41, 5.74) is 7.98. The summed E-state index contributed by atoms with van der Waals surface area (Å²) in [6.45, 7) is 23.7. The Labute approximate surface area is 399 Å². The van der Waals surface area contributed by atoms with Gasteiger partial charge in [0.05, 0.1) is 0 Å². The summed E-state index contributed by atoms with van der Waals surface area (Å²) < 4.78 is 20.2. The Morgan fingerprint density at radius 2 is 0.558 bits per heavy atom. The maximum Gasteiger partial charge on any atom is 2.00 e. The molecule has 0 amide bonds. The predicted octanol–water partition coefficient (Wildman–Crippen LogP) is -3.99. The van der Waals surface area contributed by atoms with E-state index in [1.54, 1.807) is 0 Å². The molecule has 272 valence electrons. The SMILES string of the molecule is CC(C)(C)P(=O)([O-])[O-].CC(C)(C)P(=O)([O-])[O-].Cc1cc(C)[n-]n1.Cc1cc(C)[n-]n1.Cc1cc(C)[n-]n1.Cc1cc(C)[n-]n1.[Cl-].[Cl-].[Zn+2].[Zn+2].[Zn+2].[Zn+2].[Zn].[Zn]. The van der Waals surface area contributed by atoms with E-state index in [1.807, 2.05) is 79.7 Å². The van der Waals surface area contributed by atoms with Crippen LogP contribution in [0.3, 0.4) is 0 Å². The molecule has 0 saturated carbocycles. The smallest absolute Gasteiger partial charge is 1.00 e. The first kappa shape index (κ1) is 77.9. The van der Waals surface area contributed by atoms with Crippen molar-refractivity contribution in [3.63, 3.8) is 0 Å². The number of hydrogen-bond acceptors (Lipinski definition) is 10. The number of hydrogen-bond donors (Lipinski definition) is 0. The largest absolute Gasteiger partial charge is 2.00 e. The normalized spacial score (nSPS) is 9.42. The molecule has 0 spiro atoms. The van der Waals surface area contributed by atoms with Crippen molar-refractivity contribution in [2.75, 3.05) is 0 Å². The molecule has 0 aromatic carbocycles. The first-order valence-corrected chi connectivity index (χ1v) is 16.5. The van der Waals surface area contributed by atoms with Crippen LogP contribution in [0, 0.1) is 55.4 Å². The second-order valence-electron chi connectivity index (χ2n) is 11.8. The Morgan fingerprint density at radius 3 is 0.577 bits per heavy atom. The van der Waals surface area contributed by atoms with Gasteiger partial charge in [0.1, 0.15) is 0 Å². The quantitative estimate of drug-likeness (QED) is 0.121. The Morgan fingerprint density at radius 1 is 0.442 bits per heavy atom. The van der Waals surface area contributed by atoms with Gasteiger partial charge in [-0.3, -0.25) is 0 Å². The number of halogens is 2. The van der Waals surface area contributed by atoms with Crippen molar-refractivity contribution >= 4 is 15.2 Å². The van der Waals surface area contributed by atoms with Gasteiger partial charge in [0, 0.05) is 61.7 Å². The second-order valence-corrected chi connectivity index (χ2v) is 16.5. The minimum atomic E-state index is -4.35. The van der Waals surface area contributed by atoms with Crippen LogP contribution in [0.2, 0.25) is 0 Å². The summed E-state index contributed by atoms with van der Waals surface area (Å²) in [7, 11) is -8.70. The molecular weight excluding hydrogens is 1070 g/mol. The average Bonchev–Trinajstić information content (AvgIpc) is 3.59. The van der Waals surface area contributed by atoms with Crippen LogP contribution in [0.25, 0.3) is 0 Å². The fourth-order valence-corrected chi connectivity index (χ4v) is 2.07. The maximum absolute atomic E-state index is 10.1. The van der Waals surface area contributed by atoms with E-state index in [0.29, 0.717) is 0 Å². The van der Waals surface area contributed by atoms with E-state index in [-0.39, 0.29) is 142 Å². The van der Waals surface area contributed by atoms with E-state index in [1.165, 1.54) is 41.5 Å². The van der Waals surface area contributed by atoms with Gasteiger partial charge in [0.2, 0.25) is 0 Å². The summed E-state index contributed by atoms with van der Waals surface area (Å²) in [6, 6.07) is 7.78. The zero-order valence-electron chi connectivity index (χ0n) is 33.2. The molecule has 0 aliphatic carbocycles. The van der Waals surface area contributed by atoms with E-state index in [4.69, 9.17) is 0 Å². The summed E-state index contributed by atoms with van der Waals surface area (Å²) in [4.78, 5) is 40.5. The average molecular weight is 1120 g/mol. The number of nitrogens with zero attached hydrogens (tertiary/aromatic N) is 8. The van der Waals surface area contributed by atoms with Crippen LogP contribution in [-0.4, -0.2) is 30.7 Å². The van der Waals surface area contributed by atoms with Gasteiger partial charge < -0.3 is 94.3 Å². The van der Waals surface area contributed by atoms with Crippen molar-refractivity contribution in [3.8, 4) is 0 Å². The molecule has 4 rings (SSSR count). The monoisotopic (exact) mass is 1110 g/mol. The van der Waals surface area contributed by atoms with E-state index >= 15 is 0 Å². The molecule has 0 aliphatic heterocycles. The molecule has 14 nitrogen and oxygen atoms in total. The Hall–Kier alpha value is 1.46. The van der Waals surface area contributed by atoms with Gasteiger partial charge in [0.15, 0.2) is 0 Å². The molecule has 0 aliphatic rings. The van der Waals surface area contributed by atoms with Gasteiger partial charge in [-0.2, -0.15) is 0 Å². The molecule has 0 bridgehead atoms. The zero-order chi connectivity index (χ0) is 35.1. The van der Waals surface area contributed by atoms with Crippen LogP contribution >= 0.6 is 15.2 Å². The van der Waals surface area contributed by atoms with Gasteiger partial charge in [0.25, 0.3) is 0 Å².